The molecule has 2 N–H and O–H groups in total. The molecule has 0 saturated carbocycles. The summed E-state index contributed by atoms with van der Waals surface area (Å²) < 4.78 is 5.71. The first-order valence-electron chi connectivity index (χ1n) is 6.92. The predicted octanol–water partition coefficient (Wildman–Crippen LogP) is 1.73. The van der Waals surface area contributed by atoms with Crippen molar-refractivity contribution in [2.24, 2.45) is 5.92 Å². The zero-order chi connectivity index (χ0) is 13.2. The molecule has 0 spiro atoms. The van der Waals surface area contributed by atoms with Crippen molar-refractivity contribution < 1.29 is 14.6 Å². The van der Waals surface area contributed by atoms with E-state index in [1.165, 1.54) is 0 Å². The van der Waals surface area contributed by atoms with Gasteiger partial charge in [-0.1, -0.05) is 12.1 Å². The van der Waals surface area contributed by atoms with Crippen molar-refractivity contribution in [1.82, 2.24) is 0 Å². The number of hydrogen-bond acceptors (Lipinski definition) is 3. The first-order valence-corrected chi connectivity index (χ1v) is 6.92. The van der Waals surface area contributed by atoms with Crippen molar-refractivity contribution in [1.29, 1.82) is 0 Å². The third-order valence-electron chi connectivity index (χ3n) is 4.06. The van der Waals surface area contributed by atoms with E-state index in [4.69, 9.17) is 9.84 Å². The monoisotopic (exact) mass is 261 g/mol. The molecule has 1 aromatic carbocycles. The number of aliphatic hydroxyl groups excluding tert-OH is 1. The summed E-state index contributed by atoms with van der Waals surface area (Å²) in [6.45, 7) is 0.147. The number of nitrogens with one attached hydrogen (secondary N) is 1. The molecule has 1 aromatic rings. The topological polar surface area (TPSA) is 58.6 Å². The van der Waals surface area contributed by atoms with E-state index in [0.717, 1.165) is 30.5 Å². The number of carbonyl (C=O) groups is 1. The number of benzene rings is 1. The average molecular weight is 261 g/mol. The van der Waals surface area contributed by atoms with Gasteiger partial charge in [-0.15, -0.1) is 0 Å². The number of rotatable bonds is 4. The lowest BCUT2D eigenvalue weighted by Crippen LogP contribution is -2.30. The standard InChI is InChI=1S/C15H19NO3/c17-8-7-10-1-3-11(4-2-10)16-15(18)13-9-12-5-6-14(13)19-12/h1-4,12-14,17H,5-9H2,(H,16,18). The third kappa shape index (κ3) is 2.65. The summed E-state index contributed by atoms with van der Waals surface area (Å²) in [6, 6.07) is 7.64. The molecule has 4 heteroatoms. The Balaban J connectivity index is 1.60. The minimum Gasteiger partial charge on any atom is -0.396 e. The Hall–Kier alpha value is -1.39. The second kappa shape index (κ2) is 5.31. The molecule has 1 amide bonds. The molecule has 2 bridgehead atoms. The van der Waals surface area contributed by atoms with E-state index in [1.807, 2.05) is 24.3 Å². The largest absolute Gasteiger partial charge is 0.396 e. The number of hydrogen-bond donors (Lipinski definition) is 2. The Bertz CT molecular complexity index is 457. The van der Waals surface area contributed by atoms with Crippen LogP contribution in [0.25, 0.3) is 0 Å². The minimum atomic E-state index is 0.0101. The van der Waals surface area contributed by atoms with Crippen molar-refractivity contribution in [2.75, 3.05) is 11.9 Å². The Morgan fingerprint density at radius 3 is 2.68 bits per heavy atom. The van der Waals surface area contributed by atoms with Crippen LogP contribution >= 0.6 is 0 Å². The van der Waals surface area contributed by atoms with Gasteiger partial charge in [0, 0.05) is 12.3 Å². The second-order valence-electron chi connectivity index (χ2n) is 5.38. The Morgan fingerprint density at radius 1 is 1.32 bits per heavy atom. The van der Waals surface area contributed by atoms with Gasteiger partial charge in [0.15, 0.2) is 0 Å². The highest BCUT2D eigenvalue weighted by Gasteiger charge is 2.44. The molecule has 3 rings (SSSR count). The van der Waals surface area contributed by atoms with Crippen LogP contribution in [0, 0.1) is 5.92 Å². The summed E-state index contributed by atoms with van der Waals surface area (Å²) in [5, 5.41) is 11.8. The van der Waals surface area contributed by atoms with Gasteiger partial charge in [-0.05, 0) is 43.4 Å². The SMILES string of the molecule is O=C(Nc1ccc(CCO)cc1)C1CC2CCC1O2. The molecule has 2 aliphatic heterocycles. The van der Waals surface area contributed by atoms with E-state index in [-0.39, 0.29) is 24.5 Å². The van der Waals surface area contributed by atoms with Gasteiger partial charge in [0.05, 0.1) is 18.1 Å². The van der Waals surface area contributed by atoms with Crippen LogP contribution < -0.4 is 5.32 Å². The fraction of sp³-hybridized carbons (Fsp3) is 0.533. The van der Waals surface area contributed by atoms with Crippen molar-refractivity contribution in [2.45, 2.75) is 37.9 Å². The number of carbonyl (C=O) groups excluding carboxylic acids is 1. The van der Waals surface area contributed by atoms with E-state index in [2.05, 4.69) is 5.32 Å². The number of aliphatic hydroxyl groups is 1. The molecule has 2 fully saturated rings. The van der Waals surface area contributed by atoms with Crippen LogP contribution in [0.5, 0.6) is 0 Å². The number of anilines is 1. The molecule has 2 aliphatic rings. The minimum absolute atomic E-state index is 0.0101. The molecule has 3 unspecified atom stereocenters. The summed E-state index contributed by atoms with van der Waals surface area (Å²) in [5.74, 6) is 0.0815. The first-order chi connectivity index (χ1) is 9.26. The summed E-state index contributed by atoms with van der Waals surface area (Å²) in [6.07, 6.45) is 4.04. The fourth-order valence-corrected chi connectivity index (χ4v) is 3.03. The lowest BCUT2D eigenvalue weighted by atomic mass is 9.88. The Labute approximate surface area is 112 Å². The Kier molecular flexibility index (Phi) is 3.53. The maximum atomic E-state index is 12.2. The van der Waals surface area contributed by atoms with Crippen LogP contribution in [0.3, 0.4) is 0 Å². The second-order valence-corrected chi connectivity index (χ2v) is 5.38. The van der Waals surface area contributed by atoms with E-state index < -0.39 is 0 Å². The molecule has 19 heavy (non-hydrogen) atoms. The summed E-state index contributed by atoms with van der Waals surface area (Å²) in [5.41, 5.74) is 1.89. The molecule has 3 atom stereocenters. The maximum Gasteiger partial charge on any atom is 0.230 e. The normalized spacial score (nSPS) is 28.6. The highest BCUT2D eigenvalue weighted by Crippen LogP contribution is 2.39. The summed E-state index contributed by atoms with van der Waals surface area (Å²) >= 11 is 0. The number of amides is 1. The highest BCUT2D eigenvalue weighted by molar-refractivity contribution is 5.93. The Morgan fingerprint density at radius 2 is 2.11 bits per heavy atom. The van der Waals surface area contributed by atoms with Gasteiger partial charge < -0.3 is 15.2 Å². The quantitative estimate of drug-likeness (QED) is 0.867. The fourth-order valence-electron chi connectivity index (χ4n) is 3.03. The van der Waals surface area contributed by atoms with Gasteiger partial charge in [-0.2, -0.15) is 0 Å². The van der Waals surface area contributed by atoms with Crippen molar-refractivity contribution in [3.05, 3.63) is 29.8 Å². The third-order valence-corrected chi connectivity index (χ3v) is 4.06. The molecular formula is C15H19NO3. The number of ether oxygens (including phenoxy) is 1. The van der Waals surface area contributed by atoms with Gasteiger partial charge in [0.1, 0.15) is 0 Å². The lowest BCUT2D eigenvalue weighted by molar-refractivity contribution is -0.121. The zero-order valence-electron chi connectivity index (χ0n) is 10.8. The molecule has 4 nitrogen and oxygen atoms in total. The molecule has 0 radical (unpaired) electrons. The van der Waals surface area contributed by atoms with Crippen LogP contribution in [0.2, 0.25) is 0 Å². The highest BCUT2D eigenvalue weighted by atomic mass is 16.5. The van der Waals surface area contributed by atoms with Crippen molar-refractivity contribution >= 4 is 11.6 Å². The molecule has 2 saturated heterocycles. The molecule has 0 aromatic heterocycles. The smallest absolute Gasteiger partial charge is 0.230 e. The van der Waals surface area contributed by atoms with Crippen LogP contribution in [0.1, 0.15) is 24.8 Å². The lowest BCUT2D eigenvalue weighted by Gasteiger charge is -2.18. The van der Waals surface area contributed by atoms with Crippen molar-refractivity contribution in [3.63, 3.8) is 0 Å². The van der Waals surface area contributed by atoms with Gasteiger partial charge in [0.2, 0.25) is 5.91 Å². The van der Waals surface area contributed by atoms with Crippen LogP contribution in [-0.4, -0.2) is 29.8 Å². The van der Waals surface area contributed by atoms with E-state index in [1.54, 1.807) is 0 Å². The van der Waals surface area contributed by atoms with E-state index >= 15 is 0 Å². The zero-order valence-corrected chi connectivity index (χ0v) is 10.8. The summed E-state index contributed by atoms with van der Waals surface area (Å²) in [4.78, 5) is 12.2. The van der Waals surface area contributed by atoms with Crippen LogP contribution in [0.4, 0.5) is 5.69 Å². The number of fused-ring (bicyclic) bond motifs is 2. The van der Waals surface area contributed by atoms with Crippen LogP contribution in [0.15, 0.2) is 24.3 Å². The predicted molar refractivity (Wildman–Crippen MR) is 71.9 cm³/mol. The molecule has 102 valence electrons. The van der Waals surface area contributed by atoms with Gasteiger partial charge >= 0.3 is 0 Å². The van der Waals surface area contributed by atoms with Gasteiger partial charge in [-0.3, -0.25) is 4.79 Å². The van der Waals surface area contributed by atoms with Crippen LogP contribution in [-0.2, 0) is 16.0 Å². The van der Waals surface area contributed by atoms with Crippen molar-refractivity contribution in [3.8, 4) is 0 Å². The van der Waals surface area contributed by atoms with E-state index in [0.29, 0.717) is 12.5 Å². The van der Waals surface area contributed by atoms with Gasteiger partial charge in [-0.25, -0.2) is 0 Å². The van der Waals surface area contributed by atoms with E-state index in [9.17, 15) is 4.79 Å². The average Bonchev–Trinajstić information content (AvgIpc) is 3.04. The summed E-state index contributed by atoms with van der Waals surface area (Å²) in [7, 11) is 0. The molecular weight excluding hydrogens is 242 g/mol. The maximum absolute atomic E-state index is 12.2. The molecule has 0 aliphatic carbocycles. The first kappa shape index (κ1) is 12.6. The van der Waals surface area contributed by atoms with Gasteiger partial charge in [0.25, 0.3) is 0 Å². The molecule has 2 heterocycles.